The van der Waals surface area contributed by atoms with E-state index in [0.29, 0.717) is 0 Å². The number of rotatable bonds is 2. The van der Waals surface area contributed by atoms with Crippen LogP contribution in [0.4, 0.5) is 4.79 Å². The van der Waals surface area contributed by atoms with Gasteiger partial charge >= 0.3 is 6.16 Å². The lowest BCUT2D eigenvalue weighted by atomic mass is 9.84. The Hall–Kier alpha value is -1.51. The van der Waals surface area contributed by atoms with Crippen molar-refractivity contribution < 1.29 is 14.3 Å². The lowest BCUT2D eigenvalue weighted by Crippen LogP contribution is -2.24. The smallest absolute Gasteiger partial charge is 0.438 e. The topological polar surface area (TPSA) is 35.5 Å². The summed E-state index contributed by atoms with van der Waals surface area (Å²) in [5, 5.41) is 0. The molecule has 0 aliphatic heterocycles. The van der Waals surface area contributed by atoms with Crippen LogP contribution in [0.2, 0.25) is 0 Å². The van der Waals surface area contributed by atoms with E-state index in [9.17, 15) is 4.79 Å². The largest absolute Gasteiger partial charge is 0.508 e. The lowest BCUT2D eigenvalue weighted by molar-refractivity contribution is -0.00982. The van der Waals surface area contributed by atoms with Crippen molar-refractivity contribution in [3.05, 3.63) is 35.9 Å². The number of hydrogen-bond donors (Lipinski definition) is 0. The van der Waals surface area contributed by atoms with Crippen molar-refractivity contribution in [1.82, 2.24) is 0 Å². The molecule has 3 nitrogen and oxygen atoms in total. The second kappa shape index (κ2) is 5.01. The first-order valence-electron chi connectivity index (χ1n) is 5.24. The predicted molar refractivity (Wildman–Crippen MR) is 62.1 cm³/mol. The van der Waals surface area contributed by atoms with Gasteiger partial charge in [0.1, 0.15) is 6.10 Å². The van der Waals surface area contributed by atoms with E-state index in [2.05, 4.69) is 4.74 Å². The molecule has 0 heterocycles. The molecule has 16 heavy (non-hydrogen) atoms. The van der Waals surface area contributed by atoms with Crippen LogP contribution in [0, 0.1) is 5.41 Å². The Labute approximate surface area is 96.4 Å². The molecule has 0 N–H and O–H groups in total. The van der Waals surface area contributed by atoms with E-state index in [-0.39, 0.29) is 11.5 Å². The average Bonchev–Trinajstić information content (AvgIpc) is 2.25. The fourth-order valence-electron chi connectivity index (χ4n) is 1.52. The van der Waals surface area contributed by atoms with Gasteiger partial charge in [-0.05, 0) is 5.56 Å². The van der Waals surface area contributed by atoms with Crippen molar-refractivity contribution in [3.63, 3.8) is 0 Å². The quantitative estimate of drug-likeness (QED) is 0.718. The van der Waals surface area contributed by atoms with Gasteiger partial charge in [0.05, 0.1) is 7.11 Å². The van der Waals surface area contributed by atoms with Crippen LogP contribution in [0.1, 0.15) is 32.4 Å². The molecule has 0 spiro atoms. The average molecular weight is 222 g/mol. The minimum Gasteiger partial charge on any atom is -0.438 e. The van der Waals surface area contributed by atoms with Crippen LogP contribution in [0.5, 0.6) is 0 Å². The van der Waals surface area contributed by atoms with Gasteiger partial charge in [-0.3, -0.25) is 0 Å². The minimum atomic E-state index is -0.649. The van der Waals surface area contributed by atoms with Crippen molar-refractivity contribution in [3.8, 4) is 0 Å². The monoisotopic (exact) mass is 222 g/mol. The molecule has 0 aliphatic rings. The standard InChI is InChI=1S/C13H18O3/c1-13(2,3)11(16-12(14)15-4)10-8-6-5-7-9-10/h5-9,11H,1-4H3. The summed E-state index contributed by atoms with van der Waals surface area (Å²) in [5.74, 6) is 0. The highest BCUT2D eigenvalue weighted by molar-refractivity contribution is 5.60. The molecule has 0 amide bonds. The zero-order valence-corrected chi connectivity index (χ0v) is 10.2. The number of carbonyl (C=O) groups is 1. The van der Waals surface area contributed by atoms with Gasteiger partial charge in [-0.15, -0.1) is 0 Å². The molecule has 1 aromatic carbocycles. The minimum absolute atomic E-state index is 0.171. The normalized spacial score (nSPS) is 13.0. The van der Waals surface area contributed by atoms with Crippen molar-refractivity contribution >= 4 is 6.16 Å². The molecule has 0 bridgehead atoms. The summed E-state index contributed by atoms with van der Waals surface area (Å²) in [6.07, 6.45) is -0.954. The van der Waals surface area contributed by atoms with Crippen molar-refractivity contribution in [2.75, 3.05) is 7.11 Å². The summed E-state index contributed by atoms with van der Waals surface area (Å²) in [4.78, 5) is 11.2. The summed E-state index contributed by atoms with van der Waals surface area (Å²) in [5.41, 5.74) is 0.802. The highest BCUT2D eigenvalue weighted by atomic mass is 16.7. The molecule has 0 saturated carbocycles. The van der Waals surface area contributed by atoms with E-state index in [1.807, 2.05) is 51.1 Å². The van der Waals surface area contributed by atoms with Crippen molar-refractivity contribution in [2.24, 2.45) is 5.41 Å². The Morgan fingerprint density at radius 1 is 1.19 bits per heavy atom. The Morgan fingerprint density at radius 2 is 1.75 bits per heavy atom. The lowest BCUT2D eigenvalue weighted by Gasteiger charge is -2.29. The number of hydrogen-bond acceptors (Lipinski definition) is 3. The van der Waals surface area contributed by atoms with Crippen LogP contribution in [-0.4, -0.2) is 13.3 Å². The zero-order chi connectivity index (χ0) is 12.2. The van der Waals surface area contributed by atoms with Crippen molar-refractivity contribution in [1.29, 1.82) is 0 Å². The maximum Gasteiger partial charge on any atom is 0.508 e. The van der Waals surface area contributed by atoms with Gasteiger partial charge in [-0.1, -0.05) is 51.1 Å². The van der Waals surface area contributed by atoms with Gasteiger partial charge in [-0.2, -0.15) is 0 Å². The molecule has 0 radical (unpaired) electrons. The molecule has 0 aliphatic carbocycles. The number of methoxy groups -OCH3 is 1. The van der Waals surface area contributed by atoms with E-state index in [4.69, 9.17) is 4.74 Å². The molecular weight excluding hydrogens is 204 g/mol. The number of benzene rings is 1. The third kappa shape index (κ3) is 3.26. The Bertz CT molecular complexity index is 338. The summed E-state index contributed by atoms with van der Waals surface area (Å²) < 4.78 is 9.83. The first kappa shape index (κ1) is 12.6. The molecule has 88 valence electrons. The van der Waals surface area contributed by atoms with E-state index in [1.165, 1.54) is 7.11 Å². The first-order chi connectivity index (χ1) is 7.45. The Balaban J connectivity index is 2.93. The SMILES string of the molecule is COC(=O)OC(c1ccccc1)C(C)(C)C. The maximum atomic E-state index is 11.2. The molecule has 1 rings (SSSR count). The Morgan fingerprint density at radius 3 is 2.19 bits per heavy atom. The maximum absolute atomic E-state index is 11.2. The second-order valence-corrected chi connectivity index (χ2v) is 4.73. The van der Waals surface area contributed by atoms with E-state index >= 15 is 0 Å². The van der Waals surface area contributed by atoms with E-state index in [1.54, 1.807) is 0 Å². The van der Waals surface area contributed by atoms with Gasteiger partial charge < -0.3 is 9.47 Å². The van der Waals surface area contributed by atoms with Crippen LogP contribution in [0.15, 0.2) is 30.3 Å². The highest BCUT2D eigenvalue weighted by Gasteiger charge is 2.30. The molecule has 3 heteroatoms. The number of carbonyl (C=O) groups excluding carboxylic acids is 1. The number of ether oxygens (including phenoxy) is 2. The van der Waals surface area contributed by atoms with Crippen molar-refractivity contribution in [2.45, 2.75) is 26.9 Å². The zero-order valence-electron chi connectivity index (χ0n) is 10.2. The van der Waals surface area contributed by atoms with Crippen LogP contribution < -0.4 is 0 Å². The predicted octanol–water partition coefficient (Wildman–Crippen LogP) is 3.56. The first-order valence-corrected chi connectivity index (χ1v) is 5.24. The molecule has 0 aromatic heterocycles. The fourth-order valence-corrected chi connectivity index (χ4v) is 1.52. The summed E-state index contributed by atoms with van der Waals surface area (Å²) in [6.45, 7) is 6.06. The highest BCUT2D eigenvalue weighted by Crippen LogP contribution is 2.36. The Kier molecular flexibility index (Phi) is 3.93. The van der Waals surface area contributed by atoms with Gasteiger partial charge in [0.15, 0.2) is 0 Å². The van der Waals surface area contributed by atoms with Crippen LogP contribution in [0.25, 0.3) is 0 Å². The molecule has 1 aromatic rings. The van der Waals surface area contributed by atoms with Gasteiger partial charge in [0, 0.05) is 5.41 Å². The van der Waals surface area contributed by atoms with E-state index < -0.39 is 6.16 Å². The van der Waals surface area contributed by atoms with Gasteiger partial charge in [-0.25, -0.2) is 4.79 Å². The summed E-state index contributed by atoms with van der Waals surface area (Å²) in [7, 11) is 1.31. The van der Waals surface area contributed by atoms with E-state index in [0.717, 1.165) is 5.56 Å². The van der Waals surface area contributed by atoms with Crippen LogP contribution >= 0.6 is 0 Å². The van der Waals surface area contributed by atoms with Gasteiger partial charge in [0.2, 0.25) is 0 Å². The molecule has 0 saturated heterocycles. The fraction of sp³-hybridized carbons (Fsp3) is 0.462. The third-order valence-corrected chi connectivity index (χ3v) is 2.27. The van der Waals surface area contributed by atoms with Crippen LogP contribution in [0.3, 0.4) is 0 Å². The van der Waals surface area contributed by atoms with Crippen LogP contribution in [-0.2, 0) is 9.47 Å². The summed E-state index contributed by atoms with van der Waals surface area (Å²) in [6, 6.07) is 9.67. The van der Waals surface area contributed by atoms with Gasteiger partial charge in [0.25, 0.3) is 0 Å². The molecule has 1 unspecified atom stereocenters. The molecule has 1 atom stereocenters. The molecular formula is C13H18O3. The summed E-state index contributed by atoms with van der Waals surface area (Å²) >= 11 is 0. The molecule has 0 fully saturated rings. The third-order valence-electron chi connectivity index (χ3n) is 2.27. The second-order valence-electron chi connectivity index (χ2n) is 4.73.